The van der Waals surface area contributed by atoms with Gasteiger partial charge in [0, 0.05) is 42.8 Å². The Hall–Kier alpha value is -2.21. The highest BCUT2D eigenvalue weighted by atomic mass is 19.1. The van der Waals surface area contributed by atoms with Crippen LogP contribution in [0.25, 0.3) is 16.5 Å². The molecule has 2 heterocycles. The number of carbonyl (C=O) groups is 1. The molecule has 0 spiro atoms. The van der Waals surface area contributed by atoms with Gasteiger partial charge in [-0.15, -0.1) is 0 Å². The summed E-state index contributed by atoms with van der Waals surface area (Å²) in [6.07, 6.45) is 5.00. The smallest absolute Gasteiger partial charge is 0.230 e. The second-order valence-electron chi connectivity index (χ2n) is 7.13. The number of benzene rings is 1. The molecular formula is C20H23F2N3O. The molecule has 0 radical (unpaired) electrons. The van der Waals surface area contributed by atoms with Crippen LogP contribution in [-0.4, -0.2) is 66.8 Å². The van der Waals surface area contributed by atoms with Crippen LogP contribution in [0.1, 0.15) is 11.1 Å². The van der Waals surface area contributed by atoms with E-state index in [0.29, 0.717) is 6.54 Å². The Balaban J connectivity index is 1.73. The molecule has 1 aromatic heterocycles. The largest absolute Gasteiger partial charge is 0.361 e. The van der Waals surface area contributed by atoms with E-state index in [1.54, 1.807) is 0 Å². The number of carbonyl (C=O) groups excluding carboxylic acids is 1. The number of nitrogens with zero attached hydrogens (tertiary/aromatic N) is 2. The monoisotopic (exact) mass is 359 g/mol. The number of alkyl halides is 2. The molecule has 1 aliphatic heterocycles. The molecule has 0 fully saturated rings. The number of rotatable bonds is 5. The average Bonchev–Trinajstić information content (AvgIpc) is 3.06. The SMILES string of the molecule is CN1C[C@H](C(=O)N(CCF)CCF)C=C2c3cccc4[nH]cc(c34)C[C@H]21. The zero-order valence-corrected chi connectivity index (χ0v) is 14.8. The molecule has 4 nitrogen and oxygen atoms in total. The van der Waals surface area contributed by atoms with E-state index in [1.165, 1.54) is 15.8 Å². The van der Waals surface area contributed by atoms with Crippen LogP contribution < -0.4 is 0 Å². The van der Waals surface area contributed by atoms with Gasteiger partial charge in [0.15, 0.2) is 0 Å². The number of nitrogens with one attached hydrogen (secondary N) is 1. The topological polar surface area (TPSA) is 39.3 Å². The van der Waals surface area contributed by atoms with Crippen molar-refractivity contribution >= 4 is 22.4 Å². The Kier molecular flexibility index (Phi) is 4.53. The first-order valence-corrected chi connectivity index (χ1v) is 9.06. The zero-order valence-electron chi connectivity index (χ0n) is 14.8. The number of aromatic amines is 1. The number of likely N-dealkylation sites (N-methyl/N-ethyl adjacent to an activating group) is 1. The Labute approximate surface area is 151 Å². The molecule has 4 rings (SSSR count). The van der Waals surface area contributed by atoms with Gasteiger partial charge in [0.05, 0.1) is 5.92 Å². The molecule has 1 amide bonds. The number of hydrogen-bond acceptors (Lipinski definition) is 2. The minimum atomic E-state index is -0.653. The van der Waals surface area contributed by atoms with Gasteiger partial charge >= 0.3 is 0 Å². The molecule has 1 aromatic carbocycles. The van der Waals surface area contributed by atoms with Crippen LogP contribution in [0.2, 0.25) is 0 Å². The van der Waals surface area contributed by atoms with E-state index >= 15 is 0 Å². The van der Waals surface area contributed by atoms with Gasteiger partial charge in [-0.1, -0.05) is 18.2 Å². The van der Waals surface area contributed by atoms with E-state index in [9.17, 15) is 13.6 Å². The summed E-state index contributed by atoms with van der Waals surface area (Å²) in [5.41, 5.74) is 4.70. The van der Waals surface area contributed by atoms with Crippen molar-refractivity contribution in [3.63, 3.8) is 0 Å². The number of aromatic nitrogens is 1. The molecule has 0 unspecified atom stereocenters. The van der Waals surface area contributed by atoms with Gasteiger partial charge in [0.25, 0.3) is 0 Å². The lowest BCUT2D eigenvalue weighted by molar-refractivity contribution is -0.135. The minimum Gasteiger partial charge on any atom is -0.361 e. The maximum Gasteiger partial charge on any atom is 0.230 e. The molecule has 1 aliphatic carbocycles. The fraction of sp³-hybridized carbons (Fsp3) is 0.450. The minimum absolute atomic E-state index is 0.0485. The van der Waals surface area contributed by atoms with Crippen molar-refractivity contribution in [1.29, 1.82) is 0 Å². The average molecular weight is 359 g/mol. The predicted molar refractivity (Wildman–Crippen MR) is 98.4 cm³/mol. The van der Waals surface area contributed by atoms with E-state index in [2.05, 4.69) is 28.2 Å². The van der Waals surface area contributed by atoms with Crippen LogP contribution in [0.15, 0.2) is 30.5 Å². The van der Waals surface area contributed by atoms with Crippen LogP contribution in [-0.2, 0) is 11.2 Å². The van der Waals surface area contributed by atoms with Crippen molar-refractivity contribution in [2.24, 2.45) is 5.92 Å². The number of halogens is 2. The van der Waals surface area contributed by atoms with E-state index in [-0.39, 0.29) is 31.0 Å². The van der Waals surface area contributed by atoms with Gasteiger partial charge in [-0.3, -0.25) is 9.69 Å². The van der Waals surface area contributed by atoms with E-state index in [1.807, 2.05) is 19.2 Å². The third-order valence-corrected chi connectivity index (χ3v) is 5.61. The van der Waals surface area contributed by atoms with Crippen molar-refractivity contribution in [1.82, 2.24) is 14.8 Å². The molecule has 138 valence electrons. The summed E-state index contributed by atoms with van der Waals surface area (Å²) in [6, 6.07) is 6.40. The first-order valence-electron chi connectivity index (χ1n) is 9.06. The summed E-state index contributed by atoms with van der Waals surface area (Å²) in [5.74, 6) is -0.565. The predicted octanol–water partition coefficient (Wildman–Crippen LogP) is 2.81. The Bertz CT molecular complexity index is 854. The van der Waals surface area contributed by atoms with Crippen molar-refractivity contribution in [3.05, 3.63) is 41.6 Å². The Morgan fingerprint density at radius 3 is 2.81 bits per heavy atom. The number of amides is 1. The third-order valence-electron chi connectivity index (χ3n) is 5.61. The van der Waals surface area contributed by atoms with Gasteiger partial charge < -0.3 is 9.88 Å². The highest BCUT2D eigenvalue weighted by Crippen LogP contribution is 2.40. The normalized spacial score (nSPS) is 22.2. The third kappa shape index (κ3) is 2.72. The van der Waals surface area contributed by atoms with Gasteiger partial charge in [-0.05, 0) is 36.2 Å². The van der Waals surface area contributed by atoms with Crippen molar-refractivity contribution in [2.75, 3.05) is 40.0 Å². The van der Waals surface area contributed by atoms with Crippen molar-refractivity contribution in [2.45, 2.75) is 12.5 Å². The summed E-state index contributed by atoms with van der Waals surface area (Å²) < 4.78 is 25.6. The fourth-order valence-corrected chi connectivity index (χ4v) is 4.38. The summed E-state index contributed by atoms with van der Waals surface area (Å²) >= 11 is 0. The molecule has 0 saturated carbocycles. The second-order valence-corrected chi connectivity index (χ2v) is 7.13. The number of H-pyrrole nitrogens is 1. The van der Waals surface area contributed by atoms with E-state index in [4.69, 9.17) is 0 Å². The van der Waals surface area contributed by atoms with E-state index in [0.717, 1.165) is 23.1 Å². The maximum absolute atomic E-state index is 12.9. The number of fused-ring (bicyclic) bond motifs is 2. The van der Waals surface area contributed by atoms with Crippen LogP contribution in [0.3, 0.4) is 0 Å². The van der Waals surface area contributed by atoms with E-state index < -0.39 is 13.3 Å². The number of hydrogen-bond donors (Lipinski definition) is 1. The molecule has 2 aromatic rings. The van der Waals surface area contributed by atoms with Crippen LogP contribution in [0, 0.1) is 5.92 Å². The maximum atomic E-state index is 12.9. The summed E-state index contributed by atoms with van der Waals surface area (Å²) in [4.78, 5) is 19.7. The molecule has 26 heavy (non-hydrogen) atoms. The zero-order chi connectivity index (χ0) is 18.3. The molecule has 2 aliphatic rings. The van der Waals surface area contributed by atoms with Gasteiger partial charge in [0.1, 0.15) is 13.3 Å². The fourth-order valence-electron chi connectivity index (χ4n) is 4.38. The Morgan fingerprint density at radius 1 is 1.31 bits per heavy atom. The summed E-state index contributed by atoms with van der Waals surface area (Å²) in [5, 5.41) is 1.22. The van der Waals surface area contributed by atoms with Gasteiger partial charge in [-0.25, -0.2) is 8.78 Å². The lowest BCUT2D eigenvalue weighted by Crippen LogP contribution is -2.48. The lowest BCUT2D eigenvalue weighted by Gasteiger charge is -2.40. The highest BCUT2D eigenvalue weighted by Gasteiger charge is 2.36. The Morgan fingerprint density at radius 2 is 2.08 bits per heavy atom. The molecular weight excluding hydrogens is 336 g/mol. The van der Waals surface area contributed by atoms with Gasteiger partial charge in [0.2, 0.25) is 5.91 Å². The van der Waals surface area contributed by atoms with Crippen LogP contribution >= 0.6 is 0 Å². The van der Waals surface area contributed by atoms with Crippen molar-refractivity contribution < 1.29 is 13.6 Å². The summed E-state index contributed by atoms with van der Waals surface area (Å²) in [6.45, 7) is -0.836. The highest BCUT2D eigenvalue weighted by molar-refractivity contribution is 5.99. The summed E-state index contributed by atoms with van der Waals surface area (Å²) in [7, 11) is 2.02. The lowest BCUT2D eigenvalue weighted by atomic mass is 9.79. The standard InChI is InChI=1S/C20H23F2N3O/c1-24-12-14(20(26)25(7-5-21)8-6-22)9-16-15-3-2-4-17-19(15)13(11-23-17)10-18(16)24/h2-4,9,11,14,18,23H,5-8,10,12H2,1H3/t14-,18-/m1/s1. The second kappa shape index (κ2) is 6.83. The molecule has 6 heteroatoms. The molecule has 1 N–H and O–H groups in total. The van der Waals surface area contributed by atoms with Crippen molar-refractivity contribution in [3.8, 4) is 0 Å². The molecule has 0 bridgehead atoms. The molecule has 0 saturated heterocycles. The first kappa shape index (κ1) is 17.2. The first-order chi connectivity index (χ1) is 12.6. The molecule has 2 atom stereocenters. The van der Waals surface area contributed by atoms with Crippen LogP contribution in [0.5, 0.6) is 0 Å². The van der Waals surface area contributed by atoms with Crippen LogP contribution in [0.4, 0.5) is 8.78 Å². The van der Waals surface area contributed by atoms with Gasteiger partial charge in [-0.2, -0.15) is 0 Å². The quantitative estimate of drug-likeness (QED) is 0.892.